The quantitative estimate of drug-likeness (QED) is 0.315. The first-order valence-electron chi connectivity index (χ1n) is 5.32. The van der Waals surface area contributed by atoms with Gasteiger partial charge in [0.1, 0.15) is 5.69 Å². The number of thioether (sulfide) groups is 1. The van der Waals surface area contributed by atoms with Crippen LogP contribution in [0.3, 0.4) is 0 Å². The molecule has 1 unspecified atom stereocenters. The van der Waals surface area contributed by atoms with Gasteiger partial charge in [0, 0.05) is 23.6 Å². The molecule has 0 aliphatic carbocycles. The van der Waals surface area contributed by atoms with Gasteiger partial charge in [-0.3, -0.25) is 9.78 Å². The number of aromatic nitrogens is 1. The maximum absolute atomic E-state index is 11.8. The number of nitrogens with one attached hydrogen (secondary N) is 1. The van der Waals surface area contributed by atoms with E-state index in [0.29, 0.717) is 11.3 Å². The van der Waals surface area contributed by atoms with E-state index in [9.17, 15) is 4.79 Å². The molecule has 0 aliphatic heterocycles. The van der Waals surface area contributed by atoms with Crippen molar-refractivity contribution < 1.29 is 10.0 Å². The van der Waals surface area contributed by atoms with Crippen molar-refractivity contribution >= 4 is 23.5 Å². The number of hydrogen-bond acceptors (Lipinski definition) is 5. The Morgan fingerprint density at radius 1 is 1.67 bits per heavy atom. The highest BCUT2D eigenvalue weighted by atomic mass is 32.2. The molecule has 98 valence electrons. The lowest BCUT2D eigenvalue weighted by atomic mass is 10.2. The number of carbonyl (C=O) groups excluding carboxylic acids is 1. The van der Waals surface area contributed by atoms with Gasteiger partial charge in [-0.15, -0.1) is 0 Å². The van der Waals surface area contributed by atoms with Crippen molar-refractivity contribution in [2.75, 3.05) is 12.0 Å². The minimum Gasteiger partial charge on any atom is -0.409 e. The fourth-order valence-electron chi connectivity index (χ4n) is 1.33. The van der Waals surface area contributed by atoms with Crippen molar-refractivity contribution in [2.24, 2.45) is 10.9 Å². The van der Waals surface area contributed by atoms with Crippen LogP contribution in [0, 0.1) is 0 Å². The highest BCUT2D eigenvalue weighted by Crippen LogP contribution is 2.02. The Morgan fingerprint density at radius 3 is 2.89 bits per heavy atom. The van der Waals surface area contributed by atoms with Gasteiger partial charge in [-0.1, -0.05) is 5.16 Å². The molecule has 1 aromatic rings. The van der Waals surface area contributed by atoms with Crippen LogP contribution < -0.4 is 11.1 Å². The molecule has 1 atom stereocenters. The molecule has 1 rings (SSSR count). The number of oxime groups is 1. The first-order valence-corrected chi connectivity index (χ1v) is 6.71. The monoisotopic (exact) mass is 268 g/mol. The van der Waals surface area contributed by atoms with Crippen molar-refractivity contribution in [1.29, 1.82) is 0 Å². The standard InChI is InChI=1S/C11H16N4O2S/c1-7(6-18-2)14-11(16)9-4-3-8(5-13-9)10(12)15-17/h3-5,7,17H,6H2,1-2H3,(H2,12,15)(H,14,16). The van der Waals surface area contributed by atoms with Gasteiger partial charge >= 0.3 is 0 Å². The lowest BCUT2D eigenvalue weighted by Gasteiger charge is -2.11. The van der Waals surface area contributed by atoms with Crippen LogP contribution >= 0.6 is 11.8 Å². The average molecular weight is 268 g/mol. The van der Waals surface area contributed by atoms with Gasteiger partial charge in [-0.05, 0) is 25.3 Å². The van der Waals surface area contributed by atoms with E-state index in [4.69, 9.17) is 10.9 Å². The summed E-state index contributed by atoms with van der Waals surface area (Å²) in [6.45, 7) is 1.93. The Bertz CT molecular complexity index is 433. The number of pyridine rings is 1. The third kappa shape index (κ3) is 3.92. The largest absolute Gasteiger partial charge is 0.409 e. The summed E-state index contributed by atoms with van der Waals surface area (Å²) in [4.78, 5) is 15.8. The van der Waals surface area contributed by atoms with Crippen molar-refractivity contribution in [3.63, 3.8) is 0 Å². The molecular formula is C11H16N4O2S. The fourth-order valence-corrected chi connectivity index (χ4v) is 1.91. The Hall–Kier alpha value is -1.76. The van der Waals surface area contributed by atoms with E-state index in [1.54, 1.807) is 17.8 Å². The zero-order valence-electron chi connectivity index (χ0n) is 10.3. The van der Waals surface area contributed by atoms with Crippen molar-refractivity contribution in [1.82, 2.24) is 10.3 Å². The third-order valence-electron chi connectivity index (χ3n) is 2.19. The van der Waals surface area contributed by atoms with E-state index in [0.717, 1.165) is 5.75 Å². The van der Waals surface area contributed by atoms with E-state index < -0.39 is 0 Å². The summed E-state index contributed by atoms with van der Waals surface area (Å²) in [5.41, 5.74) is 6.16. The predicted molar refractivity (Wildman–Crippen MR) is 72.1 cm³/mol. The minimum atomic E-state index is -0.234. The Labute approximate surface area is 110 Å². The fraction of sp³-hybridized carbons (Fsp3) is 0.364. The average Bonchev–Trinajstić information content (AvgIpc) is 2.38. The molecule has 0 saturated heterocycles. The van der Waals surface area contributed by atoms with Crippen LogP contribution in [0.1, 0.15) is 23.0 Å². The SMILES string of the molecule is CSCC(C)NC(=O)c1ccc(/C(N)=N/O)cn1. The number of rotatable bonds is 5. The van der Waals surface area contributed by atoms with Gasteiger partial charge in [0.2, 0.25) is 0 Å². The van der Waals surface area contributed by atoms with Crippen LogP contribution in [0.25, 0.3) is 0 Å². The van der Waals surface area contributed by atoms with Crippen molar-refractivity contribution in [2.45, 2.75) is 13.0 Å². The van der Waals surface area contributed by atoms with E-state index in [-0.39, 0.29) is 17.8 Å². The summed E-state index contributed by atoms with van der Waals surface area (Å²) >= 11 is 1.66. The molecule has 18 heavy (non-hydrogen) atoms. The summed E-state index contributed by atoms with van der Waals surface area (Å²) in [6.07, 6.45) is 3.37. The topological polar surface area (TPSA) is 101 Å². The number of carbonyl (C=O) groups is 1. The van der Waals surface area contributed by atoms with Crippen LogP contribution in [0.4, 0.5) is 0 Å². The maximum atomic E-state index is 11.8. The molecule has 1 heterocycles. The molecule has 4 N–H and O–H groups in total. The summed E-state index contributed by atoms with van der Waals surface area (Å²) in [5.74, 6) is 0.571. The van der Waals surface area contributed by atoms with Gasteiger partial charge in [0.05, 0.1) is 0 Å². The molecule has 0 aromatic carbocycles. The number of nitrogens with two attached hydrogens (primary N) is 1. The van der Waals surface area contributed by atoms with Gasteiger partial charge < -0.3 is 16.3 Å². The van der Waals surface area contributed by atoms with Gasteiger partial charge in [0.15, 0.2) is 5.84 Å². The highest BCUT2D eigenvalue weighted by molar-refractivity contribution is 7.98. The van der Waals surface area contributed by atoms with E-state index in [1.165, 1.54) is 12.3 Å². The number of amides is 1. The zero-order chi connectivity index (χ0) is 13.5. The molecular weight excluding hydrogens is 252 g/mol. The first kappa shape index (κ1) is 14.3. The lowest BCUT2D eigenvalue weighted by molar-refractivity contribution is 0.0939. The summed E-state index contributed by atoms with van der Waals surface area (Å²) in [7, 11) is 0. The van der Waals surface area contributed by atoms with Crippen LogP contribution in [0.2, 0.25) is 0 Å². The normalized spacial score (nSPS) is 13.1. The minimum absolute atomic E-state index is 0.0368. The second-order valence-electron chi connectivity index (χ2n) is 3.75. The molecule has 7 heteroatoms. The summed E-state index contributed by atoms with van der Waals surface area (Å²) in [5, 5.41) is 14.2. The molecule has 0 radical (unpaired) electrons. The molecule has 1 amide bonds. The van der Waals surface area contributed by atoms with Crippen LogP contribution in [-0.2, 0) is 0 Å². The van der Waals surface area contributed by atoms with Crippen LogP contribution in [0.15, 0.2) is 23.5 Å². The van der Waals surface area contributed by atoms with Crippen LogP contribution in [0.5, 0.6) is 0 Å². The molecule has 0 fully saturated rings. The van der Waals surface area contributed by atoms with Crippen LogP contribution in [-0.4, -0.2) is 40.0 Å². The number of nitrogens with zero attached hydrogens (tertiary/aromatic N) is 2. The molecule has 1 aromatic heterocycles. The number of amidine groups is 1. The van der Waals surface area contributed by atoms with E-state index in [1.807, 2.05) is 13.2 Å². The Balaban J connectivity index is 2.70. The Morgan fingerprint density at radius 2 is 2.39 bits per heavy atom. The first-order chi connectivity index (χ1) is 8.58. The predicted octanol–water partition coefficient (Wildman–Crippen LogP) is 0.657. The molecule has 0 spiro atoms. The van der Waals surface area contributed by atoms with Gasteiger partial charge in [0.25, 0.3) is 5.91 Å². The van der Waals surface area contributed by atoms with Gasteiger partial charge in [-0.25, -0.2) is 0 Å². The van der Waals surface area contributed by atoms with E-state index >= 15 is 0 Å². The van der Waals surface area contributed by atoms with Crippen molar-refractivity contribution in [3.05, 3.63) is 29.6 Å². The van der Waals surface area contributed by atoms with E-state index in [2.05, 4.69) is 15.5 Å². The molecule has 6 nitrogen and oxygen atoms in total. The second kappa shape index (κ2) is 6.85. The molecule has 0 bridgehead atoms. The van der Waals surface area contributed by atoms with Crippen molar-refractivity contribution in [3.8, 4) is 0 Å². The smallest absolute Gasteiger partial charge is 0.270 e. The molecule has 0 aliphatic rings. The lowest BCUT2D eigenvalue weighted by Crippen LogP contribution is -2.34. The molecule has 0 saturated carbocycles. The second-order valence-corrected chi connectivity index (χ2v) is 4.66. The maximum Gasteiger partial charge on any atom is 0.270 e. The highest BCUT2D eigenvalue weighted by Gasteiger charge is 2.11. The Kier molecular flexibility index (Phi) is 5.44. The third-order valence-corrected chi connectivity index (χ3v) is 3.03. The van der Waals surface area contributed by atoms with Gasteiger partial charge in [-0.2, -0.15) is 11.8 Å². The summed E-state index contributed by atoms with van der Waals surface area (Å²) in [6, 6.07) is 3.20. The number of hydrogen-bond donors (Lipinski definition) is 3. The summed E-state index contributed by atoms with van der Waals surface area (Å²) < 4.78 is 0. The zero-order valence-corrected chi connectivity index (χ0v) is 11.1.